The van der Waals surface area contributed by atoms with Gasteiger partial charge in [-0.05, 0) is 25.0 Å². The number of para-hydroxylation sites is 2. The predicted octanol–water partition coefficient (Wildman–Crippen LogP) is 4.39. The molecular formula is C17H22N2OS. The van der Waals surface area contributed by atoms with Crippen LogP contribution in [0.1, 0.15) is 48.7 Å². The van der Waals surface area contributed by atoms with Crippen LogP contribution in [0, 0.1) is 0 Å². The molecule has 2 N–H and O–H groups in total. The van der Waals surface area contributed by atoms with E-state index in [0.717, 1.165) is 17.9 Å². The minimum Gasteiger partial charge on any atom is -0.491 e. The molecule has 0 aliphatic heterocycles. The number of nitrogen functional groups attached to an aromatic ring is 1. The van der Waals surface area contributed by atoms with Crippen LogP contribution in [0.2, 0.25) is 0 Å². The topological polar surface area (TPSA) is 48.1 Å². The van der Waals surface area contributed by atoms with Gasteiger partial charge < -0.3 is 10.5 Å². The molecular weight excluding hydrogens is 280 g/mol. The Kier molecular flexibility index (Phi) is 4.76. The van der Waals surface area contributed by atoms with E-state index < -0.39 is 0 Å². The van der Waals surface area contributed by atoms with Crippen molar-refractivity contribution in [3.05, 3.63) is 40.3 Å². The maximum absolute atomic E-state index is 5.86. The third-order valence-electron chi connectivity index (χ3n) is 4.06. The molecule has 0 spiro atoms. The zero-order chi connectivity index (χ0) is 14.5. The number of hydrogen-bond donors (Lipinski definition) is 1. The van der Waals surface area contributed by atoms with Crippen LogP contribution in [0.15, 0.2) is 29.6 Å². The van der Waals surface area contributed by atoms with Crippen molar-refractivity contribution in [1.29, 1.82) is 0 Å². The van der Waals surface area contributed by atoms with Gasteiger partial charge in [-0.15, -0.1) is 11.3 Å². The van der Waals surface area contributed by atoms with E-state index in [0.29, 0.717) is 18.2 Å². The second-order valence-electron chi connectivity index (χ2n) is 5.65. The molecule has 3 nitrogen and oxygen atoms in total. The van der Waals surface area contributed by atoms with Crippen molar-refractivity contribution in [1.82, 2.24) is 4.98 Å². The smallest absolute Gasteiger partial charge is 0.142 e. The number of thiazole rings is 1. The Morgan fingerprint density at radius 1 is 1.19 bits per heavy atom. The normalized spacial score (nSPS) is 16.0. The molecule has 1 saturated carbocycles. The molecule has 0 saturated heterocycles. The second-order valence-corrected chi connectivity index (χ2v) is 6.54. The van der Waals surface area contributed by atoms with Crippen molar-refractivity contribution >= 4 is 17.0 Å². The second kappa shape index (κ2) is 6.94. The molecule has 1 fully saturated rings. The summed E-state index contributed by atoms with van der Waals surface area (Å²) in [7, 11) is 0. The largest absolute Gasteiger partial charge is 0.491 e. The molecule has 1 heterocycles. The fourth-order valence-electron chi connectivity index (χ4n) is 2.85. The van der Waals surface area contributed by atoms with Crippen molar-refractivity contribution in [3.8, 4) is 5.75 Å². The Morgan fingerprint density at radius 2 is 2.00 bits per heavy atom. The van der Waals surface area contributed by atoms with Gasteiger partial charge in [0.1, 0.15) is 5.75 Å². The molecule has 0 amide bonds. The predicted molar refractivity (Wildman–Crippen MR) is 88.0 cm³/mol. The van der Waals surface area contributed by atoms with Crippen LogP contribution in [-0.4, -0.2) is 11.6 Å². The van der Waals surface area contributed by atoms with Crippen molar-refractivity contribution < 1.29 is 4.74 Å². The molecule has 112 valence electrons. The van der Waals surface area contributed by atoms with Gasteiger partial charge in [0.25, 0.3) is 0 Å². The fourth-order valence-corrected chi connectivity index (χ4v) is 3.88. The summed E-state index contributed by atoms with van der Waals surface area (Å²) < 4.78 is 5.74. The maximum atomic E-state index is 5.86. The minimum atomic E-state index is 0.627. The Labute approximate surface area is 130 Å². The van der Waals surface area contributed by atoms with E-state index in [1.54, 1.807) is 0 Å². The number of nitrogens with zero attached hydrogens (tertiary/aromatic N) is 1. The third kappa shape index (κ3) is 3.76. The summed E-state index contributed by atoms with van der Waals surface area (Å²) in [5.74, 6) is 1.46. The lowest BCUT2D eigenvalue weighted by molar-refractivity contribution is 0.322. The van der Waals surface area contributed by atoms with Crippen molar-refractivity contribution in [2.45, 2.75) is 44.4 Å². The van der Waals surface area contributed by atoms with E-state index in [1.165, 1.54) is 37.1 Å². The molecule has 21 heavy (non-hydrogen) atoms. The summed E-state index contributed by atoms with van der Waals surface area (Å²) in [5.41, 5.74) is 7.70. The number of anilines is 1. The van der Waals surface area contributed by atoms with Gasteiger partial charge in [-0.2, -0.15) is 0 Å². The van der Waals surface area contributed by atoms with Crippen LogP contribution < -0.4 is 10.5 Å². The van der Waals surface area contributed by atoms with E-state index in [2.05, 4.69) is 5.38 Å². The lowest BCUT2D eigenvalue weighted by atomic mass is 9.90. The highest BCUT2D eigenvalue weighted by molar-refractivity contribution is 7.09. The highest BCUT2D eigenvalue weighted by atomic mass is 32.1. The minimum absolute atomic E-state index is 0.627. The number of aromatic nitrogens is 1. The SMILES string of the molecule is Nc1ccccc1OCCc1csc(C2CCCCC2)n1. The van der Waals surface area contributed by atoms with Crippen LogP contribution in [-0.2, 0) is 6.42 Å². The first-order valence-electron chi connectivity index (χ1n) is 7.74. The average Bonchev–Trinajstić information content (AvgIpc) is 2.99. The maximum Gasteiger partial charge on any atom is 0.142 e. The molecule has 0 unspecified atom stereocenters. The summed E-state index contributed by atoms with van der Waals surface area (Å²) >= 11 is 1.81. The molecule has 2 aromatic rings. The molecule has 1 aromatic heterocycles. The third-order valence-corrected chi connectivity index (χ3v) is 5.11. The first kappa shape index (κ1) is 14.4. The molecule has 3 rings (SSSR count). The molecule has 4 heteroatoms. The monoisotopic (exact) mass is 302 g/mol. The first-order chi connectivity index (χ1) is 10.3. The Morgan fingerprint density at radius 3 is 2.81 bits per heavy atom. The van der Waals surface area contributed by atoms with Crippen molar-refractivity contribution in [3.63, 3.8) is 0 Å². The van der Waals surface area contributed by atoms with Gasteiger partial charge in [-0.1, -0.05) is 31.4 Å². The highest BCUT2D eigenvalue weighted by Gasteiger charge is 2.18. The molecule has 1 aliphatic carbocycles. The van der Waals surface area contributed by atoms with Gasteiger partial charge in [-0.25, -0.2) is 4.98 Å². The van der Waals surface area contributed by atoms with Crippen LogP contribution in [0.5, 0.6) is 5.75 Å². The van der Waals surface area contributed by atoms with E-state index >= 15 is 0 Å². The quantitative estimate of drug-likeness (QED) is 0.833. The standard InChI is InChI=1S/C17H22N2OS/c18-15-8-4-5-9-16(15)20-11-10-14-12-21-17(19-14)13-6-2-1-3-7-13/h4-5,8-9,12-13H,1-3,6-7,10-11,18H2. The number of hydrogen-bond acceptors (Lipinski definition) is 4. The van der Waals surface area contributed by atoms with E-state index in [9.17, 15) is 0 Å². The van der Waals surface area contributed by atoms with Crippen LogP contribution in [0.3, 0.4) is 0 Å². The molecule has 0 bridgehead atoms. The Bertz CT molecular complexity index is 576. The molecule has 1 aliphatic rings. The van der Waals surface area contributed by atoms with Gasteiger partial charge in [0.2, 0.25) is 0 Å². The van der Waals surface area contributed by atoms with Gasteiger partial charge in [0, 0.05) is 17.7 Å². The zero-order valence-electron chi connectivity index (χ0n) is 12.3. The summed E-state index contributed by atoms with van der Waals surface area (Å²) in [5, 5.41) is 3.51. The Hall–Kier alpha value is -1.55. The first-order valence-corrected chi connectivity index (χ1v) is 8.62. The van der Waals surface area contributed by atoms with E-state index in [1.807, 2.05) is 35.6 Å². The van der Waals surface area contributed by atoms with E-state index in [-0.39, 0.29) is 0 Å². The lowest BCUT2D eigenvalue weighted by Crippen LogP contribution is -2.06. The summed E-state index contributed by atoms with van der Waals surface area (Å²) in [6, 6.07) is 7.62. The fraction of sp³-hybridized carbons (Fsp3) is 0.471. The van der Waals surface area contributed by atoms with Gasteiger partial charge >= 0.3 is 0 Å². The summed E-state index contributed by atoms with van der Waals surface area (Å²) in [4.78, 5) is 4.79. The number of nitrogens with two attached hydrogens (primary N) is 1. The average molecular weight is 302 g/mol. The van der Waals surface area contributed by atoms with Crippen LogP contribution >= 0.6 is 11.3 Å². The van der Waals surface area contributed by atoms with Crippen molar-refractivity contribution in [2.75, 3.05) is 12.3 Å². The van der Waals surface area contributed by atoms with Crippen LogP contribution in [0.4, 0.5) is 5.69 Å². The summed E-state index contributed by atoms with van der Waals surface area (Å²) in [6.07, 6.45) is 7.57. The molecule has 0 atom stereocenters. The Balaban J connectivity index is 1.52. The van der Waals surface area contributed by atoms with Gasteiger partial charge in [0.05, 0.1) is 23.0 Å². The zero-order valence-corrected chi connectivity index (χ0v) is 13.1. The highest BCUT2D eigenvalue weighted by Crippen LogP contribution is 2.34. The molecule has 1 aromatic carbocycles. The van der Waals surface area contributed by atoms with Gasteiger partial charge in [0.15, 0.2) is 0 Å². The molecule has 0 radical (unpaired) electrons. The van der Waals surface area contributed by atoms with Crippen LogP contribution in [0.25, 0.3) is 0 Å². The number of ether oxygens (including phenoxy) is 1. The van der Waals surface area contributed by atoms with Gasteiger partial charge in [-0.3, -0.25) is 0 Å². The summed E-state index contributed by atoms with van der Waals surface area (Å²) in [6.45, 7) is 0.627. The number of rotatable bonds is 5. The number of benzene rings is 1. The lowest BCUT2D eigenvalue weighted by Gasteiger charge is -2.18. The van der Waals surface area contributed by atoms with Crippen molar-refractivity contribution in [2.24, 2.45) is 0 Å². The van der Waals surface area contributed by atoms with E-state index in [4.69, 9.17) is 15.5 Å².